The number of benzene rings is 1. The van der Waals surface area contributed by atoms with E-state index in [0.717, 1.165) is 33.5 Å². The fourth-order valence-electron chi connectivity index (χ4n) is 2.24. The predicted octanol–water partition coefficient (Wildman–Crippen LogP) is 3.62. The maximum absolute atomic E-state index is 6.00. The van der Waals surface area contributed by atoms with Crippen LogP contribution in [0.25, 0.3) is 0 Å². The van der Waals surface area contributed by atoms with E-state index in [-0.39, 0.29) is 0 Å². The van der Waals surface area contributed by atoms with Crippen LogP contribution >= 0.6 is 15.9 Å². The average molecular weight is 352 g/mol. The summed E-state index contributed by atoms with van der Waals surface area (Å²) in [5.41, 5.74) is 8.86. The highest BCUT2D eigenvalue weighted by molar-refractivity contribution is 9.10. The van der Waals surface area contributed by atoms with Crippen LogP contribution in [0.2, 0.25) is 0 Å². The van der Waals surface area contributed by atoms with Gasteiger partial charge in [-0.3, -0.25) is 4.68 Å². The molecule has 0 aliphatic carbocycles. The van der Waals surface area contributed by atoms with E-state index in [1.165, 1.54) is 0 Å². The van der Waals surface area contributed by atoms with Crippen LogP contribution in [0.5, 0.6) is 5.75 Å². The molecule has 0 amide bonds. The van der Waals surface area contributed by atoms with Crippen LogP contribution in [0.3, 0.4) is 0 Å². The van der Waals surface area contributed by atoms with E-state index in [1.807, 2.05) is 23.9 Å². The molecule has 21 heavy (non-hydrogen) atoms. The summed E-state index contributed by atoms with van der Waals surface area (Å²) in [6, 6.07) is 6.49. The van der Waals surface area contributed by atoms with Crippen LogP contribution in [-0.4, -0.2) is 16.3 Å². The molecule has 0 aliphatic rings. The van der Waals surface area contributed by atoms with Crippen molar-refractivity contribution in [2.24, 2.45) is 5.73 Å². The second kappa shape index (κ2) is 7.09. The van der Waals surface area contributed by atoms with Gasteiger partial charge in [0.05, 0.1) is 5.69 Å². The molecule has 0 radical (unpaired) electrons. The van der Waals surface area contributed by atoms with Crippen molar-refractivity contribution in [2.45, 2.75) is 39.8 Å². The number of ether oxygens (including phenoxy) is 1. The number of nitrogens with zero attached hydrogens (tertiary/aromatic N) is 2. The Bertz CT molecular complexity index is 608. The highest BCUT2D eigenvalue weighted by Crippen LogP contribution is 2.29. The van der Waals surface area contributed by atoms with Gasteiger partial charge in [-0.15, -0.1) is 0 Å². The van der Waals surface area contributed by atoms with Gasteiger partial charge in [-0.2, -0.15) is 5.10 Å². The van der Waals surface area contributed by atoms with Crippen molar-refractivity contribution in [1.29, 1.82) is 0 Å². The quantitative estimate of drug-likeness (QED) is 0.864. The third-order valence-corrected chi connectivity index (χ3v) is 3.74. The third kappa shape index (κ3) is 4.08. The van der Waals surface area contributed by atoms with Crippen LogP contribution in [0.4, 0.5) is 0 Å². The van der Waals surface area contributed by atoms with Crippen LogP contribution in [0.1, 0.15) is 36.7 Å². The van der Waals surface area contributed by atoms with Crippen LogP contribution in [0.15, 0.2) is 28.9 Å². The van der Waals surface area contributed by atoms with Gasteiger partial charge in [-0.25, -0.2) is 0 Å². The molecule has 0 unspecified atom stereocenters. The Labute approximate surface area is 134 Å². The highest BCUT2D eigenvalue weighted by Gasteiger charge is 2.10. The van der Waals surface area contributed by atoms with Gasteiger partial charge in [0.1, 0.15) is 12.4 Å². The Morgan fingerprint density at radius 2 is 2.14 bits per heavy atom. The first-order valence-electron chi connectivity index (χ1n) is 7.17. The summed E-state index contributed by atoms with van der Waals surface area (Å²) in [7, 11) is 0. The van der Waals surface area contributed by atoms with E-state index >= 15 is 0 Å². The van der Waals surface area contributed by atoms with E-state index in [4.69, 9.17) is 10.5 Å². The third-order valence-electron chi connectivity index (χ3n) is 3.29. The van der Waals surface area contributed by atoms with Crippen molar-refractivity contribution in [3.05, 3.63) is 45.7 Å². The Kier molecular flexibility index (Phi) is 5.42. The second-order valence-electron chi connectivity index (χ2n) is 5.42. The Hall–Kier alpha value is -1.33. The molecule has 0 spiro atoms. The molecule has 0 saturated carbocycles. The van der Waals surface area contributed by atoms with E-state index in [0.29, 0.717) is 19.2 Å². The molecule has 1 aromatic heterocycles. The lowest BCUT2D eigenvalue weighted by Gasteiger charge is -2.14. The van der Waals surface area contributed by atoms with Crippen molar-refractivity contribution in [1.82, 2.24) is 9.78 Å². The fourth-order valence-corrected chi connectivity index (χ4v) is 2.85. The molecule has 2 rings (SSSR count). The average Bonchev–Trinajstić information content (AvgIpc) is 2.87. The Morgan fingerprint density at radius 3 is 2.76 bits per heavy atom. The first kappa shape index (κ1) is 16.0. The van der Waals surface area contributed by atoms with Gasteiger partial charge in [-0.05, 0) is 63.1 Å². The number of aryl methyl sites for hydroxylation is 1. The van der Waals surface area contributed by atoms with Gasteiger partial charge in [0.2, 0.25) is 0 Å². The molecule has 1 aromatic carbocycles. The maximum Gasteiger partial charge on any atom is 0.132 e. The van der Waals surface area contributed by atoms with Gasteiger partial charge >= 0.3 is 0 Å². The van der Waals surface area contributed by atoms with Crippen LogP contribution < -0.4 is 10.5 Å². The van der Waals surface area contributed by atoms with Gasteiger partial charge in [0, 0.05) is 16.7 Å². The second-order valence-corrected chi connectivity index (χ2v) is 6.33. The zero-order valence-electron chi connectivity index (χ0n) is 12.8. The molecule has 0 saturated heterocycles. The summed E-state index contributed by atoms with van der Waals surface area (Å²) in [4.78, 5) is 0. The number of hydrogen-bond donors (Lipinski definition) is 1. The van der Waals surface area contributed by atoms with Crippen LogP contribution in [0, 0.1) is 6.92 Å². The lowest BCUT2D eigenvalue weighted by atomic mass is 10.1. The SMILES string of the molecule is Cc1cc(Br)cc(CCN)c1OCc1ccn(C(C)C)n1. The minimum atomic E-state index is 0.362. The zero-order chi connectivity index (χ0) is 15.4. The molecule has 0 fully saturated rings. The summed E-state index contributed by atoms with van der Waals surface area (Å²) in [6.07, 6.45) is 2.79. The minimum absolute atomic E-state index is 0.362. The standard InChI is InChI=1S/C16H22BrN3O/c1-11(2)20-7-5-15(19-20)10-21-16-12(3)8-14(17)9-13(16)4-6-18/h5,7-9,11H,4,6,10,18H2,1-3H3. The molecule has 0 bridgehead atoms. The van der Waals surface area contributed by atoms with Crippen molar-refractivity contribution in [3.63, 3.8) is 0 Å². The molecule has 5 heteroatoms. The largest absolute Gasteiger partial charge is 0.487 e. The van der Waals surface area contributed by atoms with E-state index in [1.54, 1.807) is 0 Å². The zero-order valence-corrected chi connectivity index (χ0v) is 14.4. The van der Waals surface area contributed by atoms with Crippen molar-refractivity contribution in [3.8, 4) is 5.75 Å². The summed E-state index contributed by atoms with van der Waals surface area (Å²) in [5, 5.41) is 4.51. The summed E-state index contributed by atoms with van der Waals surface area (Å²) in [5.74, 6) is 0.919. The number of hydrogen-bond acceptors (Lipinski definition) is 3. The normalized spacial score (nSPS) is 11.1. The van der Waals surface area contributed by atoms with Gasteiger partial charge in [-0.1, -0.05) is 15.9 Å². The number of nitrogens with two attached hydrogens (primary N) is 1. The first-order chi connectivity index (χ1) is 10.0. The molecule has 2 N–H and O–H groups in total. The van der Waals surface area contributed by atoms with E-state index < -0.39 is 0 Å². The van der Waals surface area contributed by atoms with Crippen molar-refractivity contribution < 1.29 is 4.74 Å². The topological polar surface area (TPSA) is 53.1 Å². The predicted molar refractivity (Wildman–Crippen MR) is 88.6 cm³/mol. The molecule has 0 aliphatic heterocycles. The molecule has 0 atom stereocenters. The summed E-state index contributed by atoms with van der Waals surface area (Å²) >= 11 is 3.52. The lowest BCUT2D eigenvalue weighted by molar-refractivity contribution is 0.293. The van der Waals surface area contributed by atoms with Gasteiger partial charge in [0.25, 0.3) is 0 Å². The first-order valence-corrected chi connectivity index (χ1v) is 7.96. The van der Waals surface area contributed by atoms with Crippen LogP contribution in [-0.2, 0) is 13.0 Å². The Balaban J connectivity index is 2.14. The van der Waals surface area contributed by atoms with Crippen molar-refractivity contribution >= 4 is 15.9 Å². The number of halogens is 1. The molecule has 114 valence electrons. The Morgan fingerprint density at radius 1 is 1.38 bits per heavy atom. The summed E-state index contributed by atoms with van der Waals surface area (Å²) in [6.45, 7) is 7.34. The fraction of sp³-hybridized carbons (Fsp3) is 0.438. The van der Waals surface area contributed by atoms with Gasteiger partial charge < -0.3 is 10.5 Å². The minimum Gasteiger partial charge on any atom is -0.487 e. The number of aromatic nitrogens is 2. The molecule has 1 heterocycles. The molecular formula is C16H22BrN3O. The number of rotatable bonds is 6. The van der Waals surface area contributed by atoms with E-state index in [2.05, 4.69) is 47.0 Å². The maximum atomic E-state index is 6.00. The highest BCUT2D eigenvalue weighted by atomic mass is 79.9. The molecule has 4 nitrogen and oxygen atoms in total. The smallest absolute Gasteiger partial charge is 0.132 e. The summed E-state index contributed by atoms with van der Waals surface area (Å²) < 4.78 is 9.00. The molecular weight excluding hydrogens is 330 g/mol. The lowest BCUT2D eigenvalue weighted by Crippen LogP contribution is -2.07. The monoisotopic (exact) mass is 351 g/mol. The van der Waals surface area contributed by atoms with Crippen molar-refractivity contribution in [2.75, 3.05) is 6.54 Å². The van der Waals surface area contributed by atoms with E-state index in [9.17, 15) is 0 Å². The van der Waals surface area contributed by atoms with Gasteiger partial charge in [0.15, 0.2) is 0 Å². The molecule has 2 aromatic rings.